The number of amides is 1. The number of hydrogen-bond acceptors (Lipinski definition) is 3. The molecule has 1 amide bonds. The molecule has 1 unspecified atom stereocenters. The molecule has 0 spiro atoms. The minimum atomic E-state index is -0.101. The quantitative estimate of drug-likeness (QED) is 0.786. The van der Waals surface area contributed by atoms with Crippen molar-refractivity contribution in [2.24, 2.45) is 5.73 Å². The lowest BCUT2D eigenvalue weighted by Gasteiger charge is -2.36. The highest BCUT2D eigenvalue weighted by Gasteiger charge is 2.25. The third-order valence-electron chi connectivity index (χ3n) is 3.96. The van der Waals surface area contributed by atoms with E-state index in [1.807, 2.05) is 0 Å². The highest BCUT2D eigenvalue weighted by molar-refractivity contribution is 5.85. The molecule has 1 atom stereocenters. The molecular weight excluding hydrogens is 262 g/mol. The molecule has 0 aromatic heterocycles. The number of piperidine rings is 1. The number of halogens is 1. The van der Waals surface area contributed by atoms with Crippen molar-refractivity contribution >= 4 is 18.3 Å². The number of likely N-dealkylation sites (tertiary alicyclic amines) is 1. The number of nitrogens with two attached hydrogens (primary N) is 1. The summed E-state index contributed by atoms with van der Waals surface area (Å²) in [6.45, 7) is 8.50. The highest BCUT2D eigenvalue weighted by atomic mass is 35.5. The van der Waals surface area contributed by atoms with Crippen LogP contribution < -0.4 is 11.1 Å². The van der Waals surface area contributed by atoms with Crippen LogP contribution in [0.15, 0.2) is 0 Å². The summed E-state index contributed by atoms with van der Waals surface area (Å²) in [5, 5.41) is 3.10. The average Bonchev–Trinajstić information content (AvgIpc) is 2.31. The number of carbonyl (C=O) groups excluding carboxylic acids is 1. The van der Waals surface area contributed by atoms with Crippen LogP contribution in [-0.4, -0.2) is 42.0 Å². The molecule has 0 radical (unpaired) electrons. The summed E-state index contributed by atoms with van der Waals surface area (Å²) in [4.78, 5) is 14.4. The lowest BCUT2D eigenvalue weighted by Crippen LogP contribution is -2.50. The van der Waals surface area contributed by atoms with Crippen LogP contribution in [0.1, 0.15) is 52.9 Å². The van der Waals surface area contributed by atoms with Gasteiger partial charge in [0.05, 0.1) is 6.54 Å². The molecule has 114 valence electrons. The Bertz CT molecular complexity index is 269. The molecule has 0 aromatic carbocycles. The molecule has 0 aromatic rings. The fraction of sp³-hybridized carbons (Fsp3) is 0.929. The molecule has 0 saturated carbocycles. The second kappa shape index (κ2) is 8.77. The largest absolute Gasteiger partial charge is 0.350 e. The van der Waals surface area contributed by atoms with Gasteiger partial charge in [0.1, 0.15) is 0 Å². The molecule has 1 heterocycles. The average molecular weight is 292 g/mol. The molecule has 5 heteroatoms. The van der Waals surface area contributed by atoms with E-state index in [1.165, 1.54) is 19.3 Å². The van der Waals surface area contributed by atoms with Crippen LogP contribution in [0.25, 0.3) is 0 Å². The predicted molar refractivity (Wildman–Crippen MR) is 82.6 cm³/mol. The summed E-state index contributed by atoms with van der Waals surface area (Å²) in [6, 6.07) is 0.499. The van der Waals surface area contributed by atoms with Gasteiger partial charge in [0.15, 0.2) is 0 Å². The minimum absolute atomic E-state index is 0. The van der Waals surface area contributed by atoms with E-state index < -0.39 is 0 Å². The van der Waals surface area contributed by atoms with Gasteiger partial charge >= 0.3 is 0 Å². The lowest BCUT2D eigenvalue weighted by molar-refractivity contribution is -0.124. The van der Waals surface area contributed by atoms with Crippen LogP contribution in [0.2, 0.25) is 0 Å². The van der Waals surface area contributed by atoms with Gasteiger partial charge in [-0.3, -0.25) is 9.69 Å². The van der Waals surface area contributed by atoms with Gasteiger partial charge in [-0.25, -0.2) is 0 Å². The van der Waals surface area contributed by atoms with E-state index in [2.05, 4.69) is 31.0 Å². The first kappa shape index (κ1) is 18.7. The zero-order chi connectivity index (χ0) is 13.6. The zero-order valence-electron chi connectivity index (χ0n) is 12.6. The van der Waals surface area contributed by atoms with Crippen LogP contribution in [-0.2, 0) is 4.79 Å². The summed E-state index contributed by atoms with van der Waals surface area (Å²) in [6.07, 6.45) is 5.60. The number of hydrogen-bond donors (Lipinski definition) is 2. The molecule has 1 fully saturated rings. The van der Waals surface area contributed by atoms with Gasteiger partial charge in [0, 0.05) is 11.6 Å². The molecular formula is C14H30ClN3O. The maximum atomic E-state index is 12.1. The van der Waals surface area contributed by atoms with Gasteiger partial charge in [-0.05, 0) is 52.6 Å². The first-order valence-electron chi connectivity index (χ1n) is 7.23. The Kier molecular flexibility index (Phi) is 8.62. The number of carbonyl (C=O) groups is 1. The second-order valence-corrected chi connectivity index (χ2v) is 5.98. The summed E-state index contributed by atoms with van der Waals surface area (Å²) < 4.78 is 0. The standard InChI is InChI=1S/C14H29N3O.ClH/c1-4-14(2,3)16-13(18)11-17-10-6-5-7-12(17)8-9-15;/h12H,4-11,15H2,1-3H3,(H,16,18);1H. The van der Waals surface area contributed by atoms with Gasteiger partial charge < -0.3 is 11.1 Å². The van der Waals surface area contributed by atoms with Gasteiger partial charge in [-0.2, -0.15) is 0 Å². The Morgan fingerprint density at radius 2 is 2.11 bits per heavy atom. The third kappa shape index (κ3) is 6.59. The maximum Gasteiger partial charge on any atom is 0.234 e. The van der Waals surface area contributed by atoms with Crippen LogP contribution in [0.4, 0.5) is 0 Å². The molecule has 1 saturated heterocycles. The molecule has 0 bridgehead atoms. The van der Waals surface area contributed by atoms with Gasteiger partial charge in [0.2, 0.25) is 5.91 Å². The fourth-order valence-electron chi connectivity index (χ4n) is 2.48. The number of nitrogens with zero attached hydrogens (tertiary/aromatic N) is 1. The predicted octanol–water partition coefficient (Wildman–Crippen LogP) is 1.92. The smallest absolute Gasteiger partial charge is 0.234 e. The Hall–Kier alpha value is -0.320. The Balaban J connectivity index is 0.00000324. The van der Waals surface area contributed by atoms with Crippen LogP contribution in [0, 0.1) is 0 Å². The summed E-state index contributed by atoms with van der Waals surface area (Å²) in [7, 11) is 0. The van der Waals surface area contributed by atoms with Crippen molar-refractivity contribution in [1.82, 2.24) is 10.2 Å². The van der Waals surface area contributed by atoms with Crippen LogP contribution >= 0.6 is 12.4 Å². The monoisotopic (exact) mass is 291 g/mol. The summed E-state index contributed by atoms with van der Waals surface area (Å²) >= 11 is 0. The SMILES string of the molecule is CCC(C)(C)NC(=O)CN1CCCCC1CCN.Cl. The van der Waals surface area contributed by atoms with Gasteiger partial charge in [-0.15, -0.1) is 12.4 Å². The summed E-state index contributed by atoms with van der Waals surface area (Å²) in [5.74, 6) is 0.144. The van der Waals surface area contributed by atoms with Crippen LogP contribution in [0.3, 0.4) is 0 Å². The van der Waals surface area contributed by atoms with E-state index in [1.54, 1.807) is 0 Å². The van der Waals surface area contributed by atoms with Crippen molar-refractivity contribution in [2.75, 3.05) is 19.6 Å². The van der Waals surface area contributed by atoms with Gasteiger partial charge in [-0.1, -0.05) is 13.3 Å². The normalized spacial score (nSPS) is 20.7. The van der Waals surface area contributed by atoms with Crippen molar-refractivity contribution in [3.63, 3.8) is 0 Å². The Labute approximate surface area is 123 Å². The fourth-order valence-corrected chi connectivity index (χ4v) is 2.48. The van der Waals surface area contributed by atoms with E-state index in [9.17, 15) is 4.79 Å². The third-order valence-corrected chi connectivity index (χ3v) is 3.96. The lowest BCUT2D eigenvalue weighted by atomic mass is 9.99. The van der Waals surface area contributed by atoms with Crippen molar-refractivity contribution in [3.05, 3.63) is 0 Å². The Morgan fingerprint density at radius 3 is 2.68 bits per heavy atom. The number of nitrogens with one attached hydrogen (secondary N) is 1. The van der Waals surface area contributed by atoms with Crippen molar-refractivity contribution < 1.29 is 4.79 Å². The second-order valence-electron chi connectivity index (χ2n) is 5.98. The molecule has 3 N–H and O–H groups in total. The van der Waals surface area contributed by atoms with E-state index in [0.29, 0.717) is 19.1 Å². The molecule has 19 heavy (non-hydrogen) atoms. The first-order valence-corrected chi connectivity index (χ1v) is 7.23. The van der Waals surface area contributed by atoms with E-state index in [4.69, 9.17) is 5.73 Å². The highest BCUT2D eigenvalue weighted by Crippen LogP contribution is 2.19. The molecule has 4 nitrogen and oxygen atoms in total. The molecule has 1 aliphatic heterocycles. The topological polar surface area (TPSA) is 58.4 Å². The molecule has 0 aliphatic carbocycles. The first-order chi connectivity index (χ1) is 8.48. The van der Waals surface area contributed by atoms with E-state index in [-0.39, 0.29) is 23.9 Å². The van der Waals surface area contributed by atoms with Crippen LogP contribution in [0.5, 0.6) is 0 Å². The molecule has 1 rings (SSSR count). The summed E-state index contributed by atoms with van der Waals surface area (Å²) in [5.41, 5.74) is 5.55. The Morgan fingerprint density at radius 1 is 1.42 bits per heavy atom. The molecule has 1 aliphatic rings. The van der Waals surface area contributed by atoms with Crippen molar-refractivity contribution in [1.29, 1.82) is 0 Å². The minimum Gasteiger partial charge on any atom is -0.350 e. The zero-order valence-corrected chi connectivity index (χ0v) is 13.4. The van der Waals surface area contributed by atoms with E-state index >= 15 is 0 Å². The maximum absolute atomic E-state index is 12.1. The number of rotatable bonds is 6. The van der Waals surface area contributed by atoms with Crippen molar-refractivity contribution in [2.45, 2.75) is 64.5 Å². The van der Waals surface area contributed by atoms with Gasteiger partial charge in [0.25, 0.3) is 0 Å². The van der Waals surface area contributed by atoms with E-state index in [0.717, 1.165) is 19.4 Å². The van der Waals surface area contributed by atoms with Crippen molar-refractivity contribution in [3.8, 4) is 0 Å².